The zero-order valence-electron chi connectivity index (χ0n) is 9.43. The molecule has 0 N–H and O–H groups in total. The van der Waals surface area contributed by atoms with E-state index in [0.717, 1.165) is 17.0 Å². The Labute approximate surface area is 106 Å². The number of aliphatic imine (C=N–C) groups is 1. The Bertz CT molecular complexity index is 537. The first-order chi connectivity index (χ1) is 8.31. The van der Waals surface area contributed by atoms with Crippen LogP contribution in [0.3, 0.4) is 0 Å². The SMILES string of the molecule is COc1ccccc1C=Nc1ccccc1Cl. The second kappa shape index (κ2) is 5.51. The summed E-state index contributed by atoms with van der Waals surface area (Å²) in [5.41, 5.74) is 1.68. The van der Waals surface area contributed by atoms with Crippen molar-refractivity contribution in [3.8, 4) is 5.75 Å². The van der Waals surface area contributed by atoms with E-state index in [1.54, 1.807) is 13.3 Å². The van der Waals surface area contributed by atoms with Gasteiger partial charge in [0, 0.05) is 11.8 Å². The van der Waals surface area contributed by atoms with Gasteiger partial charge in [0.15, 0.2) is 0 Å². The number of hydrogen-bond acceptors (Lipinski definition) is 2. The molecule has 0 aliphatic carbocycles. The zero-order chi connectivity index (χ0) is 12.1. The van der Waals surface area contributed by atoms with Crippen molar-refractivity contribution in [3.05, 3.63) is 59.1 Å². The molecule has 3 heteroatoms. The zero-order valence-corrected chi connectivity index (χ0v) is 10.2. The third-order valence-corrected chi connectivity index (χ3v) is 2.65. The molecule has 0 aliphatic rings. The molecule has 86 valence electrons. The minimum absolute atomic E-state index is 0.638. The van der Waals surface area contributed by atoms with Crippen molar-refractivity contribution in [2.24, 2.45) is 4.99 Å². The minimum atomic E-state index is 0.638. The number of methoxy groups -OCH3 is 1. The number of benzene rings is 2. The topological polar surface area (TPSA) is 21.6 Å². The molecule has 0 unspecified atom stereocenters. The van der Waals surface area contributed by atoms with E-state index in [4.69, 9.17) is 16.3 Å². The fourth-order valence-electron chi connectivity index (χ4n) is 1.47. The number of halogens is 1. The van der Waals surface area contributed by atoms with Crippen LogP contribution in [0.2, 0.25) is 5.02 Å². The average Bonchev–Trinajstić information content (AvgIpc) is 2.38. The molecule has 0 heterocycles. The Morgan fingerprint density at radius 1 is 1.06 bits per heavy atom. The fraction of sp³-hybridized carbons (Fsp3) is 0.0714. The van der Waals surface area contributed by atoms with Crippen molar-refractivity contribution in [1.29, 1.82) is 0 Å². The molecule has 17 heavy (non-hydrogen) atoms. The van der Waals surface area contributed by atoms with E-state index in [2.05, 4.69) is 4.99 Å². The van der Waals surface area contributed by atoms with Crippen LogP contribution in [0.5, 0.6) is 5.75 Å². The number of hydrogen-bond donors (Lipinski definition) is 0. The van der Waals surface area contributed by atoms with E-state index < -0.39 is 0 Å². The molecule has 0 aromatic heterocycles. The van der Waals surface area contributed by atoms with Gasteiger partial charge in [0.05, 0.1) is 17.8 Å². The van der Waals surface area contributed by atoms with Gasteiger partial charge in [0.2, 0.25) is 0 Å². The van der Waals surface area contributed by atoms with Gasteiger partial charge < -0.3 is 4.74 Å². The lowest BCUT2D eigenvalue weighted by atomic mass is 10.2. The quantitative estimate of drug-likeness (QED) is 0.746. The number of rotatable bonds is 3. The molecule has 0 spiro atoms. The van der Waals surface area contributed by atoms with Crippen LogP contribution in [0, 0.1) is 0 Å². The normalized spacial score (nSPS) is 10.7. The molecule has 0 saturated carbocycles. The molecular formula is C14H12ClNO. The average molecular weight is 246 g/mol. The van der Waals surface area contributed by atoms with E-state index in [-0.39, 0.29) is 0 Å². The van der Waals surface area contributed by atoms with Crippen molar-refractivity contribution in [1.82, 2.24) is 0 Å². The maximum atomic E-state index is 6.02. The summed E-state index contributed by atoms with van der Waals surface area (Å²) < 4.78 is 5.24. The van der Waals surface area contributed by atoms with Crippen LogP contribution in [0.25, 0.3) is 0 Å². The van der Waals surface area contributed by atoms with Gasteiger partial charge in [-0.1, -0.05) is 35.9 Å². The van der Waals surface area contributed by atoms with E-state index in [1.807, 2.05) is 48.5 Å². The third kappa shape index (κ3) is 2.86. The highest BCUT2D eigenvalue weighted by molar-refractivity contribution is 6.33. The van der Waals surface area contributed by atoms with Crippen molar-refractivity contribution in [3.63, 3.8) is 0 Å². The van der Waals surface area contributed by atoms with Gasteiger partial charge in [-0.25, -0.2) is 0 Å². The molecule has 0 bridgehead atoms. The Morgan fingerprint density at radius 2 is 1.76 bits per heavy atom. The lowest BCUT2D eigenvalue weighted by molar-refractivity contribution is 0.414. The maximum absolute atomic E-state index is 6.02. The Balaban J connectivity index is 2.29. The second-order valence-corrected chi connectivity index (χ2v) is 3.86. The summed E-state index contributed by atoms with van der Waals surface area (Å²) in [4.78, 5) is 4.35. The molecule has 0 aliphatic heterocycles. The van der Waals surface area contributed by atoms with E-state index in [9.17, 15) is 0 Å². The summed E-state index contributed by atoms with van der Waals surface area (Å²) in [5, 5.41) is 0.638. The lowest BCUT2D eigenvalue weighted by Crippen LogP contribution is -1.89. The summed E-state index contributed by atoms with van der Waals surface area (Å²) >= 11 is 6.02. The summed E-state index contributed by atoms with van der Waals surface area (Å²) in [6.07, 6.45) is 1.75. The predicted octanol–water partition coefficient (Wildman–Crippen LogP) is 4.10. The highest BCUT2D eigenvalue weighted by atomic mass is 35.5. The van der Waals surface area contributed by atoms with Crippen LogP contribution in [0.15, 0.2) is 53.5 Å². The van der Waals surface area contributed by atoms with Crippen molar-refractivity contribution >= 4 is 23.5 Å². The number of para-hydroxylation sites is 2. The summed E-state index contributed by atoms with van der Waals surface area (Å²) in [7, 11) is 1.64. The molecule has 2 nitrogen and oxygen atoms in total. The van der Waals surface area contributed by atoms with Gasteiger partial charge >= 0.3 is 0 Å². The Kier molecular flexibility index (Phi) is 3.78. The molecule has 0 atom stereocenters. The smallest absolute Gasteiger partial charge is 0.127 e. The fourth-order valence-corrected chi connectivity index (χ4v) is 1.65. The van der Waals surface area contributed by atoms with Gasteiger partial charge in [0.1, 0.15) is 5.75 Å². The van der Waals surface area contributed by atoms with Crippen molar-refractivity contribution < 1.29 is 4.74 Å². The standard InChI is InChI=1S/C14H12ClNO/c1-17-14-9-5-2-6-11(14)10-16-13-8-4-3-7-12(13)15/h2-10H,1H3. The first kappa shape index (κ1) is 11.7. The van der Waals surface area contributed by atoms with Crippen molar-refractivity contribution in [2.45, 2.75) is 0 Å². The highest BCUT2D eigenvalue weighted by Gasteiger charge is 1.99. The second-order valence-electron chi connectivity index (χ2n) is 3.45. The van der Waals surface area contributed by atoms with Gasteiger partial charge in [0.25, 0.3) is 0 Å². The molecule has 0 radical (unpaired) electrons. The van der Waals surface area contributed by atoms with Crippen LogP contribution < -0.4 is 4.74 Å². The molecule has 0 saturated heterocycles. The summed E-state index contributed by atoms with van der Waals surface area (Å²) in [6, 6.07) is 15.2. The Morgan fingerprint density at radius 3 is 2.53 bits per heavy atom. The molecule has 0 amide bonds. The van der Waals surface area contributed by atoms with Crippen LogP contribution >= 0.6 is 11.6 Å². The largest absolute Gasteiger partial charge is 0.496 e. The van der Waals surface area contributed by atoms with Crippen LogP contribution in [0.1, 0.15) is 5.56 Å². The first-order valence-electron chi connectivity index (χ1n) is 5.23. The predicted molar refractivity (Wildman–Crippen MR) is 71.7 cm³/mol. The third-order valence-electron chi connectivity index (χ3n) is 2.33. The van der Waals surface area contributed by atoms with Gasteiger partial charge in [-0.3, -0.25) is 4.99 Å². The van der Waals surface area contributed by atoms with Gasteiger partial charge in [-0.2, -0.15) is 0 Å². The van der Waals surface area contributed by atoms with E-state index in [0.29, 0.717) is 5.02 Å². The van der Waals surface area contributed by atoms with Gasteiger partial charge in [-0.15, -0.1) is 0 Å². The number of nitrogens with zero attached hydrogens (tertiary/aromatic N) is 1. The summed E-state index contributed by atoms with van der Waals surface area (Å²) in [5.74, 6) is 0.795. The van der Waals surface area contributed by atoms with Crippen LogP contribution in [-0.4, -0.2) is 13.3 Å². The van der Waals surface area contributed by atoms with Crippen molar-refractivity contribution in [2.75, 3.05) is 7.11 Å². The lowest BCUT2D eigenvalue weighted by Gasteiger charge is -2.03. The maximum Gasteiger partial charge on any atom is 0.127 e. The molecule has 2 rings (SSSR count). The molecule has 2 aromatic rings. The highest BCUT2D eigenvalue weighted by Crippen LogP contribution is 2.24. The summed E-state index contributed by atoms with van der Waals surface area (Å²) in [6.45, 7) is 0. The van der Waals surface area contributed by atoms with Crippen LogP contribution in [-0.2, 0) is 0 Å². The molecule has 0 fully saturated rings. The Hall–Kier alpha value is -1.80. The van der Waals surface area contributed by atoms with E-state index in [1.165, 1.54) is 0 Å². The monoisotopic (exact) mass is 245 g/mol. The minimum Gasteiger partial charge on any atom is -0.496 e. The van der Waals surface area contributed by atoms with Gasteiger partial charge in [-0.05, 0) is 24.3 Å². The van der Waals surface area contributed by atoms with E-state index >= 15 is 0 Å². The number of ether oxygens (including phenoxy) is 1. The van der Waals surface area contributed by atoms with Crippen LogP contribution in [0.4, 0.5) is 5.69 Å². The molecule has 2 aromatic carbocycles. The molecular weight excluding hydrogens is 234 g/mol. The first-order valence-corrected chi connectivity index (χ1v) is 5.60.